The van der Waals surface area contributed by atoms with Gasteiger partial charge in [0.1, 0.15) is 5.58 Å². The fourth-order valence-electron chi connectivity index (χ4n) is 3.95. The van der Waals surface area contributed by atoms with Crippen molar-refractivity contribution < 1.29 is 9.52 Å². The van der Waals surface area contributed by atoms with E-state index in [0.717, 1.165) is 34.1 Å². The molecule has 1 heterocycles. The summed E-state index contributed by atoms with van der Waals surface area (Å²) in [5.41, 5.74) is 4.17. The first kappa shape index (κ1) is 14.5. The Morgan fingerprint density at radius 1 is 0.920 bits per heavy atom. The molecule has 0 saturated carbocycles. The van der Waals surface area contributed by atoms with Crippen LogP contribution < -0.4 is 0 Å². The molecule has 3 aromatic carbocycles. The predicted octanol–water partition coefficient (Wildman–Crippen LogP) is 5.51. The van der Waals surface area contributed by atoms with Gasteiger partial charge in [0.2, 0.25) is 0 Å². The van der Waals surface area contributed by atoms with E-state index in [1.807, 2.05) is 36.6 Å². The molecule has 4 aromatic rings. The number of hydrogen-bond donors (Lipinski definition) is 1. The van der Waals surface area contributed by atoms with E-state index in [-0.39, 0.29) is 5.92 Å². The number of fused-ring (bicyclic) bond motifs is 4. The van der Waals surface area contributed by atoms with Crippen LogP contribution in [-0.4, -0.2) is 5.11 Å². The summed E-state index contributed by atoms with van der Waals surface area (Å²) in [7, 11) is 0. The predicted molar refractivity (Wildman–Crippen MR) is 101 cm³/mol. The van der Waals surface area contributed by atoms with Crippen LogP contribution in [0.2, 0.25) is 0 Å². The Morgan fingerprint density at radius 3 is 2.72 bits per heavy atom. The standard InChI is InChI=1S/C23H18O2/c24-23-17(10-9-16-6-2-4-8-20(16)23)13-18-14-25-21-12-11-15-5-1-3-7-19(15)22(18)21/h1-12,14,17,23-24H,13H2/t17-,23+/m0/s1. The van der Waals surface area contributed by atoms with E-state index in [1.165, 1.54) is 10.8 Å². The van der Waals surface area contributed by atoms with Gasteiger partial charge in [0.25, 0.3) is 0 Å². The van der Waals surface area contributed by atoms with Crippen LogP contribution in [0.15, 0.2) is 77.4 Å². The van der Waals surface area contributed by atoms with Gasteiger partial charge in [0.15, 0.2) is 0 Å². The van der Waals surface area contributed by atoms with Crippen molar-refractivity contribution in [3.63, 3.8) is 0 Å². The van der Waals surface area contributed by atoms with E-state index in [1.54, 1.807) is 0 Å². The second-order valence-electron chi connectivity index (χ2n) is 6.72. The summed E-state index contributed by atoms with van der Waals surface area (Å²) in [6.07, 6.45) is 6.36. The SMILES string of the molecule is O[C@H]1c2ccccc2C=C[C@H]1Cc1coc2ccc3ccccc3c12. The topological polar surface area (TPSA) is 33.4 Å². The smallest absolute Gasteiger partial charge is 0.134 e. The summed E-state index contributed by atoms with van der Waals surface area (Å²) in [5, 5.41) is 14.4. The summed E-state index contributed by atoms with van der Waals surface area (Å²) in [4.78, 5) is 0. The molecule has 5 rings (SSSR count). The van der Waals surface area contributed by atoms with Crippen molar-refractivity contribution in [1.82, 2.24) is 0 Å². The first-order valence-corrected chi connectivity index (χ1v) is 8.64. The van der Waals surface area contributed by atoms with Crippen LogP contribution in [0.25, 0.3) is 27.8 Å². The van der Waals surface area contributed by atoms with Crippen LogP contribution in [0, 0.1) is 5.92 Å². The molecule has 0 saturated heterocycles. The van der Waals surface area contributed by atoms with E-state index < -0.39 is 6.10 Å². The van der Waals surface area contributed by atoms with Gasteiger partial charge in [-0.25, -0.2) is 0 Å². The fraction of sp³-hybridized carbons (Fsp3) is 0.130. The summed E-state index contributed by atoms with van der Waals surface area (Å²) >= 11 is 0. The molecule has 0 spiro atoms. The van der Waals surface area contributed by atoms with Crippen molar-refractivity contribution in [3.8, 4) is 0 Å². The minimum atomic E-state index is -0.485. The van der Waals surface area contributed by atoms with Gasteiger partial charge in [-0.05, 0) is 39.9 Å². The average molecular weight is 326 g/mol. The second kappa shape index (κ2) is 5.61. The average Bonchev–Trinajstić information content (AvgIpc) is 3.08. The van der Waals surface area contributed by atoms with Crippen LogP contribution in [0.5, 0.6) is 0 Å². The van der Waals surface area contributed by atoms with Crippen molar-refractivity contribution in [1.29, 1.82) is 0 Å². The molecule has 1 aromatic heterocycles. The third-order valence-corrected chi connectivity index (χ3v) is 5.24. The number of hydrogen-bond acceptors (Lipinski definition) is 2. The molecular formula is C23H18O2. The van der Waals surface area contributed by atoms with E-state index in [0.29, 0.717) is 0 Å². The minimum absolute atomic E-state index is 0.0506. The summed E-state index contributed by atoms with van der Waals surface area (Å²) in [6.45, 7) is 0. The van der Waals surface area contributed by atoms with E-state index in [9.17, 15) is 5.11 Å². The third kappa shape index (κ3) is 2.30. The zero-order chi connectivity index (χ0) is 16.8. The molecule has 122 valence electrons. The second-order valence-corrected chi connectivity index (χ2v) is 6.72. The summed E-state index contributed by atoms with van der Waals surface area (Å²) < 4.78 is 5.80. The van der Waals surface area contributed by atoms with Gasteiger partial charge in [-0.2, -0.15) is 0 Å². The van der Waals surface area contributed by atoms with Gasteiger partial charge in [-0.1, -0.05) is 66.7 Å². The van der Waals surface area contributed by atoms with Crippen LogP contribution in [0.4, 0.5) is 0 Å². The molecule has 2 nitrogen and oxygen atoms in total. The van der Waals surface area contributed by atoms with Crippen LogP contribution in [0.1, 0.15) is 22.8 Å². The number of aliphatic hydroxyl groups is 1. The van der Waals surface area contributed by atoms with Gasteiger partial charge >= 0.3 is 0 Å². The first-order valence-electron chi connectivity index (χ1n) is 8.64. The third-order valence-electron chi connectivity index (χ3n) is 5.24. The Kier molecular flexibility index (Phi) is 3.25. The monoisotopic (exact) mass is 326 g/mol. The Hall–Kier alpha value is -2.84. The van der Waals surface area contributed by atoms with E-state index in [4.69, 9.17) is 4.42 Å². The normalized spacial score (nSPS) is 19.4. The molecule has 25 heavy (non-hydrogen) atoms. The Morgan fingerprint density at radius 2 is 1.76 bits per heavy atom. The zero-order valence-corrected chi connectivity index (χ0v) is 13.7. The molecule has 0 radical (unpaired) electrons. The maximum Gasteiger partial charge on any atom is 0.134 e. The Balaban J connectivity index is 1.58. The largest absolute Gasteiger partial charge is 0.464 e. The quantitative estimate of drug-likeness (QED) is 0.527. The Labute approximate surface area is 146 Å². The molecule has 0 amide bonds. The fourth-order valence-corrected chi connectivity index (χ4v) is 3.95. The number of furan rings is 1. The lowest BCUT2D eigenvalue weighted by Gasteiger charge is -2.25. The first-order chi connectivity index (χ1) is 12.3. The molecular weight excluding hydrogens is 308 g/mol. The highest BCUT2D eigenvalue weighted by molar-refractivity contribution is 6.07. The van der Waals surface area contributed by atoms with Crippen molar-refractivity contribution in [2.24, 2.45) is 5.92 Å². The minimum Gasteiger partial charge on any atom is -0.464 e. The van der Waals surface area contributed by atoms with Gasteiger partial charge in [-0.3, -0.25) is 0 Å². The summed E-state index contributed by atoms with van der Waals surface area (Å²) in [6, 6.07) is 20.6. The lowest BCUT2D eigenvalue weighted by atomic mass is 9.83. The summed E-state index contributed by atoms with van der Waals surface area (Å²) in [5.74, 6) is 0.0506. The highest BCUT2D eigenvalue weighted by Crippen LogP contribution is 2.37. The Bertz CT molecular complexity index is 1100. The van der Waals surface area contributed by atoms with Gasteiger partial charge in [-0.15, -0.1) is 0 Å². The number of rotatable bonds is 2. The molecule has 0 bridgehead atoms. The van der Waals surface area contributed by atoms with Gasteiger partial charge < -0.3 is 9.52 Å². The highest BCUT2D eigenvalue weighted by atomic mass is 16.3. The highest BCUT2D eigenvalue weighted by Gasteiger charge is 2.25. The number of aliphatic hydroxyl groups excluding tert-OH is 1. The van der Waals surface area contributed by atoms with Crippen molar-refractivity contribution in [2.45, 2.75) is 12.5 Å². The molecule has 1 aliphatic rings. The molecule has 1 aliphatic carbocycles. The molecule has 2 heteroatoms. The van der Waals surface area contributed by atoms with Crippen LogP contribution >= 0.6 is 0 Å². The molecule has 0 unspecified atom stereocenters. The van der Waals surface area contributed by atoms with Crippen molar-refractivity contribution in [2.75, 3.05) is 0 Å². The van der Waals surface area contributed by atoms with Gasteiger partial charge in [0, 0.05) is 11.3 Å². The molecule has 0 fully saturated rings. The zero-order valence-electron chi connectivity index (χ0n) is 13.7. The van der Waals surface area contributed by atoms with E-state index in [2.05, 4.69) is 42.5 Å². The maximum absolute atomic E-state index is 10.8. The van der Waals surface area contributed by atoms with Gasteiger partial charge in [0.05, 0.1) is 12.4 Å². The lowest BCUT2D eigenvalue weighted by molar-refractivity contribution is 0.130. The molecule has 0 aliphatic heterocycles. The molecule has 2 atom stereocenters. The van der Waals surface area contributed by atoms with Crippen molar-refractivity contribution in [3.05, 3.63) is 89.7 Å². The van der Waals surface area contributed by atoms with Crippen LogP contribution in [-0.2, 0) is 6.42 Å². The van der Waals surface area contributed by atoms with E-state index >= 15 is 0 Å². The maximum atomic E-state index is 10.8. The van der Waals surface area contributed by atoms with Crippen molar-refractivity contribution >= 4 is 27.8 Å². The van der Waals surface area contributed by atoms with Crippen LogP contribution in [0.3, 0.4) is 0 Å². The molecule has 1 N–H and O–H groups in total. The lowest BCUT2D eigenvalue weighted by Crippen LogP contribution is -2.17. The number of benzene rings is 3.